The second-order valence-electron chi connectivity index (χ2n) is 10.2. The molecule has 5 heterocycles. The van der Waals surface area contributed by atoms with Crippen molar-refractivity contribution in [3.8, 4) is 0 Å². The first-order valence-corrected chi connectivity index (χ1v) is 13.9. The van der Waals surface area contributed by atoms with E-state index < -0.39 is 5.91 Å². The maximum Gasteiger partial charge on any atom is 0.302 e. The molecule has 0 saturated carbocycles. The van der Waals surface area contributed by atoms with Crippen LogP contribution in [0.15, 0.2) is 41.1 Å². The van der Waals surface area contributed by atoms with Crippen molar-refractivity contribution in [3.63, 3.8) is 0 Å². The van der Waals surface area contributed by atoms with E-state index in [0.717, 1.165) is 32.5 Å². The first-order valence-electron chi connectivity index (χ1n) is 13.5. The number of anilines is 2. The molecule has 1 aromatic carbocycles. The summed E-state index contributed by atoms with van der Waals surface area (Å²) in [6, 6.07) is 4.82. The molecular formula is C27H30ClN9O3. The van der Waals surface area contributed by atoms with Crippen molar-refractivity contribution in [1.82, 2.24) is 34.5 Å². The number of nitrogens with two attached hydrogens (primary N) is 1. The summed E-state index contributed by atoms with van der Waals surface area (Å²) in [6.07, 6.45) is 10.2. The maximum absolute atomic E-state index is 13.3. The van der Waals surface area contributed by atoms with E-state index in [4.69, 9.17) is 21.8 Å². The number of nitrogen functional groups attached to an aromatic ring is 1. The Balaban J connectivity index is 1.21. The maximum atomic E-state index is 13.3. The number of likely N-dealkylation sites (tertiary alicyclic amines) is 2. The molecule has 1 unspecified atom stereocenters. The number of amides is 2. The fourth-order valence-corrected chi connectivity index (χ4v) is 5.59. The standard InChI is InChI=1S/C27H30ClN9O3/c28-17-8-9-20-19(14-17)32-27(40-20)33-26(39)23-22-24(29)30-16-31-25(22)37(34-23)18-6-4-13-36(15-18)21(38)7-5-12-35-10-2-1-3-11-35/h5,7-9,14,16,18H,1-4,6,10-13,15H2,(H2,29,30,31)(H,32,33,39). The number of carbonyl (C=O) groups is 2. The van der Waals surface area contributed by atoms with E-state index in [-0.39, 0.29) is 29.5 Å². The van der Waals surface area contributed by atoms with Crippen LogP contribution in [0.3, 0.4) is 0 Å². The molecule has 2 fully saturated rings. The highest BCUT2D eigenvalue weighted by molar-refractivity contribution is 6.31. The van der Waals surface area contributed by atoms with Gasteiger partial charge in [0.15, 0.2) is 16.9 Å². The molecule has 40 heavy (non-hydrogen) atoms. The third-order valence-electron chi connectivity index (χ3n) is 7.43. The van der Waals surface area contributed by atoms with Gasteiger partial charge in [0.2, 0.25) is 5.91 Å². The topological polar surface area (TPSA) is 148 Å². The van der Waals surface area contributed by atoms with Crippen LogP contribution < -0.4 is 11.1 Å². The zero-order chi connectivity index (χ0) is 27.6. The van der Waals surface area contributed by atoms with E-state index in [1.54, 1.807) is 29.0 Å². The largest absolute Gasteiger partial charge is 0.423 e. The van der Waals surface area contributed by atoms with Crippen molar-refractivity contribution in [2.75, 3.05) is 43.8 Å². The number of nitrogens with zero attached hydrogens (tertiary/aromatic N) is 7. The fourth-order valence-electron chi connectivity index (χ4n) is 5.42. The van der Waals surface area contributed by atoms with E-state index >= 15 is 0 Å². The van der Waals surface area contributed by atoms with Crippen molar-refractivity contribution in [3.05, 3.63) is 47.4 Å². The van der Waals surface area contributed by atoms with Crippen LogP contribution in [0.25, 0.3) is 22.1 Å². The molecule has 2 saturated heterocycles. The Kier molecular flexibility index (Phi) is 7.35. The summed E-state index contributed by atoms with van der Waals surface area (Å²) in [4.78, 5) is 43.3. The van der Waals surface area contributed by atoms with Gasteiger partial charge in [0.25, 0.3) is 5.91 Å². The van der Waals surface area contributed by atoms with Gasteiger partial charge in [0.05, 0.1) is 11.4 Å². The first kappa shape index (κ1) is 26.2. The van der Waals surface area contributed by atoms with Crippen LogP contribution in [0.1, 0.15) is 48.6 Å². The number of halogens is 1. The third kappa shape index (κ3) is 5.36. The van der Waals surface area contributed by atoms with Crippen LogP contribution in [0.2, 0.25) is 5.02 Å². The van der Waals surface area contributed by atoms with Crippen molar-refractivity contribution >= 4 is 57.4 Å². The number of oxazole rings is 1. The number of nitrogens with one attached hydrogen (secondary N) is 1. The lowest BCUT2D eigenvalue weighted by Crippen LogP contribution is -2.40. The van der Waals surface area contributed by atoms with Gasteiger partial charge >= 0.3 is 6.01 Å². The Morgan fingerprint density at radius 3 is 2.85 bits per heavy atom. The van der Waals surface area contributed by atoms with Crippen LogP contribution >= 0.6 is 11.6 Å². The van der Waals surface area contributed by atoms with E-state index in [0.29, 0.717) is 40.2 Å². The van der Waals surface area contributed by atoms with Gasteiger partial charge in [-0.15, -0.1) is 0 Å². The normalized spacial score (nSPS) is 18.6. The summed E-state index contributed by atoms with van der Waals surface area (Å²) in [5.74, 6) is -0.455. The van der Waals surface area contributed by atoms with E-state index in [1.165, 1.54) is 25.6 Å². The van der Waals surface area contributed by atoms with Gasteiger partial charge in [0, 0.05) is 30.7 Å². The molecule has 12 nitrogen and oxygen atoms in total. The molecule has 6 rings (SSSR count). The molecule has 208 valence electrons. The summed E-state index contributed by atoms with van der Waals surface area (Å²) < 4.78 is 7.33. The Morgan fingerprint density at radius 2 is 2.00 bits per heavy atom. The second-order valence-corrected chi connectivity index (χ2v) is 10.6. The minimum Gasteiger partial charge on any atom is -0.423 e. The fraction of sp³-hybridized carbons (Fsp3) is 0.407. The van der Waals surface area contributed by atoms with Crippen LogP contribution in [0, 0.1) is 0 Å². The number of fused-ring (bicyclic) bond motifs is 2. The molecule has 0 spiro atoms. The Labute approximate surface area is 235 Å². The van der Waals surface area contributed by atoms with E-state index in [1.807, 2.05) is 11.0 Å². The van der Waals surface area contributed by atoms with Crippen LogP contribution in [-0.4, -0.2) is 79.1 Å². The molecule has 2 amide bonds. The zero-order valence-electron chi connectivity index (χ0n) is 21.9. The summed E-state index contributed by atoms with van der Waals surface area (Å²) in [7, 11) is 0. The predicted octanol–water partition coefficient (Wildman–Crippen LogP) is 3.66. The van der Waals surface area contributed by atoms with Crippen LogP contribution in [0.4, 0.5) is 11.8 Å². The average molecular weight is 564 g/mol. The smallest absolute Gasteiger partial charge is 0.302 e. The lowest BCUT2D eigenvalue weighted by atomic mass is 10.1. The van der Waals surface area contributed by atoms with E-state index in [2.05, 4.69) is 30.3 Å². The molecule has 0 bridgehead atoms. The molecule has 13 heteroatoms. The molecule has 0 aliphatic carbocycles. The molecule has 1 atom stereocenters. The van der Waals surface area contributed by atoms with Crippen LogP contribution in [0.5, 0.6) is 0 Å². The van der Waals surface area contributed by atoms with Crippen LogP contribution in [-0.2, 0) is 4.79 Å². The molecule has 3 N–H and O–H groups in total. The number of hydrogen-bond donors (Lipinski definition) is 2. The first-order chi connectivity index (χ1) is 19.5. The third-order valence-corrected chi connectivity index (χ3v) is 7.67. The quantitative estimate of drug-likeness (QED) is 0.335. The van der Waals surface area contributed by atoms with Gasteiger partial charge < -0.3 is 15.1 Å². The van der Waals surface area contributed by atoms with Gasteiger partial charge in [-0.1, -0.05) is 24.1 Å². The lowest BCUT2D eigenvalue weighted by molar-refractivity contribution is -0.127. The molecule has 3 aromatic heterocycles. The highest BCUT2D eigenvalue weighted by atomic mass is 35.5. The number of piperidine rings is 2. The number of carbonyl (C=O) groups excluding carboxylic acids is 2. The minimum absolute atomic E-state index is 0.00571. The SMILES string of the molecule is Nc1ncnc2c1c(C(=O)Nc1nc3cc(Cl)ccc3o1)nn2C1CCCN(C(=O)C=CCN2CCCCC2)C1. The van der Waals surface area contributed by atoms with Gasteiger partial charge in [0.1, 0.15) is 17.7 Å². The monoisotopic (exact) mass is 563 g/mol. The second kappa shape index (κ2) is 11.2. The van der Waals surface area contributed by atoms with Gasteiger partial charge in [-0.3, -0.25) is 19.8 Å². The summed E-state index contributed by atoms with van der Waals surface area (Å²) in [5.41, 5.74) is 7.66. The van der Waals surface area contributed by atoms with Crippen molar-refractivity contribution < 1.29 is 14.0 Å². The number of hydrogen-bond acceptors (Lipinski definition) is 9. The summed E-state index contributed by atoms with van der Waals surface area (Å²) in [6.45, 7) is 4.06. The van der Waals surface area contributed by atoms with Gasteiger partial charge in [-0.05, 0) is 57.0 Å². The number of benzene rings is 1. The number of aromatic nitrogens is 5. The minimum atomic E-state index is -0.563. The highest BCUT2D eigenvalue weighted by Gasteiger charge is 2.30. The molecule has 2 aliphatic rings. The Bertz CT molecular complexity index is 1590. The molecule has 4 aromatic rings. The van der Waals surface area contributed by atoms with Crippen molar-refractivity contribution in [2.45, 2.75) is 38.1 Å². The van der Waals surface area contributed by atoms with Gasteiger partial charge in [-0.25, -0.2) is 14.6 Å². The van der Waals surface area contributed by atoms with E-state index in [9.17, 15) is 9.59 Å². The molecule has 2 aliphatic heterocycles. The highest BCUT2D eigenvalue weighted by Crippen LogP contribution is 2.30. The van der Waals surface area contributed by atoms with Crippen molar-refractivity contribution in [1.29, 1.82) is 0 Å². The van der Waals surface area contributed by atoms with Gasteiger partial charge in [-0.2, -0.15) is 10.1 Å². The Morgan fingerprint density at radius 1 is 1.15 bits per heavy atom. The Hall–Kier alpha value is -4.03. The van der Waals surface area contributed by atoms with Crippen molar-refractivity contribution in [2.24, 2.45) is 0 Å². The number of rotatable bonds is 6. The summed E-state index contributed by atoms with van der Waals surface area (Å²) >= 11 is 6.04. The molecule has 0 radical (unpaired) electrons. The zero-order valence-corrected chi connectivity index (χ0v) is 22.7. The average Bonchev–Trinajstić information content (AvgIpc) is 3.55. The predicted molar refractivity (Wildman–Crippen MR) is 151 cm³/mol. The lowest BCUT2D eigenvalue weighted by Gasteiger charge is -2.32. The summed E-state index contributed by atoms with van der Waals surface area (Å²) in [5, 5.41) is 8.12. The molecular weight excluding hydrogens is 534 g/mol.